The van der Waals surface area contributed by atoms with Crippen molar-refractivity contribution in [3.63, 3.8) is 0 Å². The van der Waals surface area contributed by atoms with Crippen molar-refractivity contribution in [2.24, 2.45) is 22.6 Å². The van der Waals surface area contributed by atoms with Crippen LogP contribution in [-0.2, 0) is 4.74 Å². The highest BCUT2D eigenvalue weighted by atomic mass is 35.5. The van der Waals surface area contributed by atoms with Gasteiger partial charge in [-0.2, -0.15) is 0 Å². The maximum atomic E-state index is 13.5. The molecule has 5 nitrogen and oxygen atoms in total. The number of carbonyl (C=O) groups is 1. The molecule has 0 aromatic heterocycles. The summed E-state index contributed by atoms with van der Waals surface area (Å²) < 4.78 is 5.64. The van der Waals surface area contributed by atoms with Crippen LogP contribution >= 0.6 is 11.6 Å². The number of nitrogens with zero attached hydrogens (tertiary/aromatic N) is 2. The highest BCUT2D eigenvalue weighted by Crippen LogP contribution is 2.36. The number of benzene rings is 2. The molecule has 162 valence electrons. The monoisotopic (exact) mass is 437 g/mol. The molecule has 2 N–H and O–H groups in total. The zero-order valence-corrected chi connectivity index (χ0v) is 18.7. The molecule has 3 heterocycles. The molecule has 0 spiro atoms. The van der Waals surface area contributed by atoms with Crippen molar-refractivity contribution in [1.82, 2.24) is 4.90 Å². The standard InChI is InChI=1S/C25H28ClN3O2/c1-3-15-10-29(11-19(15)16-6-4-14(2)5-7-16)25(30)18-8-17-20-12-31-13-21(20)24(27)28-23(17)9-22(18)26/h4-9,15,19,21,24H,3,10-13,27H2,1-2H3/t15-,19-,21?,24?/m1/s1. The van der Waals surface area contributed by atoms with Gasteiger partial charge in [-0.1, -0.05) is 54.8 Å². The van der Waals surface area contributed by atoms with E-state index in [-0.39, 0.29) is 18.0 Å². The molecule has 2 aromatic carbocycles. The molecule has 2 fully saturated rings. The molecule has 2 saturated heterocycles. The molecule has 31 heavy (non-hydrogen) atoms. The number of hydrogen-bond donors (Lipinski definition) is 1. The van der Waals surface area contributed by atoms with Gasteiger partial charge in [0.15, 0.2) is 0 Å². The van der Waals surface area contributed by atoms with Gasteiger partial charge in [-0.15, -0.1) is 0 Å². The van der Waals surface area contributed by atoms with Crippen molar-refractivity contribution >= 4 is 23.1 Å². The van der Waals surface area contributed by atoms with Gasteiger partial charge in [0.05, 0.1) is 29.2 Å². The molecule has 0 aliphatic carbocycles. The van der Waals surface area contributed by atoms with E-state index in [1.807, 2.05) is 11.0 Å². The third-order valence-corrected chi connectivity index (χ3v) is 7.44. The topological polar surface area (TPSA) is 67.9 Å². The quantitative estimate of drug-likeness (QED) is 0.802. The van der Waals surface area contributed by atoms with Crippen LogP contribution in [0, 0.1) is 18.8 Å². The third kappa shape index (κ3) is 3.59. The van der Waals surface area contributed by atoms with Gasteiger partial charge in [0.2, 0.25) is 0 Å². The summed E-state index contributed by atoms with van der Waals surface area (Å²) in [6.45, 7) is 6.87. The maximum Gasteiger partial charge on any atom is 0.255 e. The largest absolute Gasteiger partial charge is 0.376 e. The van der Waals surface area contributed by atoms with E-state index in [2.05, 4.69) is 43.1 Å². The molecule has 1 amide bonds. The number of halogens is 1. The fourth-order valence-electron chi connectivity index (χ4n) is 5.24. The van der Waals surface area contributed by atoms with Gasteiger partial charge in [0.25, 0.3) is 5.91 Å². The van der Waals surface area contributed by atoms with Gasteiger partial charge >= 0.3 is 0 Å². The number of likely N-dealkylation sites (tertiary alicyclic amines) is 1. The van der Waals surface area contributed by atoms with E-state index in [0.29, 0.717) is 42.2 Å². The molecule has 2 aromatic rings. The normalized spacial score (nSPS) is 27.1. The van der Waals surface area contributed by atoms with Crippen LogP contribution in [-0.4, -0.2) is 43.3 Å². The van der Waals surface area contributed by atoms with Gasteiger partial charge in [-0.25, -0.2) is 0 Å². The Balaban J connectivity index is 1.49. The van der Waals surface area contributed by atoms with Gasteiger partial charge < -0.3 is 15.4 Å². The second kappa shape index (κ2) is 8.05. The molecule has 3 aliphatic heterocycles. The average molecular weight is 438 g/mol. The molecule has 4 atom stereocenters. The molecule has 5 rings (SSSR count). The Morgan fingerprint density at radius 3 is 2.74 bits per heavy atom. The van der Waals surface area contributed by atoms with Crippen molar-refractivity contribution in [3.05, 3.63) is 68.7 Å². The van der Waals surface area contributed by atoms with Crippen LogP contribution in [0.3, 0.4) is 0 Å². The van der Waals surface area contributed by atoms with Gasteiger partial charge in [0, 0.05) is 30.1 Å². The summed E-state index contributed by atoms with van der Waals surface area (Å²) in [5, 5.41) is 2.15. The lowest BCUT2D eigenvalue weighted by Crippen LogP contribution is -2.43. The summed E-state index contributed by atoms with van der Waals surface area (Å²) in [7, 11) is 0. The van der Waals surface area contributed by atoms with Crippen LogP contribution < -0.4 is 16.3 Å². The molecular weight excluding hydrogens is 410 g/mol. The minimum atomic E-state index is -0.318. The Kier molecular flexibility index (Phi) is 5.37. The Bertz CT molecular complexity index is 1140. The fourth-order valence-corrected chi connectivity index (χ4v) is 5.48. The van der Waals surface area contributed by atoms with Crippen LogP contribution in [0.5, 0.6) is 0 Å². The van der Waals surface area contributed by atoms with Crippen LogP contribution in [0.1, 0.15) is 40.7 Å². The van der Waals surface area contributed by atoms with E-state index >= 15 is 0 Å². The number of hydrogen-bond acceptors (Lipinski definition) is 4. The summed E-state index contributed by atoms with van der Waals surface area (Å²) in [6.07, 6.45) is 0.718. The van der Waals surface area contributed by atoms with Crippen molar-refractivity contribution in [2.75, 3.05) is 26.3 Å². The van der Waals surface area contributed by atoms with Crippen molar-refractivity contribution in [1.29, 1.82) is 0 Å². The van der Waals surface area contributed by atoms with Gasteiger partial charge in [-0.05, 0) is 36.1 Å². The summed E-state index contributed by atoms with van der Waals surface area (Å²) in [5.41, 5.74) is 10.4. The smallest absolute Gasteiger partial charge is 0.255 e. The Hall–Kier alpha value is -2.21. The first-order valence-electron chi connectivity index (χ1n) is 11.1. The molecule has 3 aliphatic rings. The zero-order valence-electron chi connectivity index (χ0n) is 18.0. The molecule has 6 heteroatoms. The summed E-state index contributed by atoms with van der Waals surface area (Å²) >= 11 is 6.58. The minimum Gasteiger partial charge on any atom is -0.376 e. The summed E-state index contributed by atoms with van der Waals surface area (Å²) in [4.78, 5) is 20.1. The maximum absolute atomic E-state index is 13.5. The second-order valence-electron chi connectivity index (χ2n) is 9.01. The number of nitrogens with two attached hydrogens (primary N) is 1. The van der Waals surface area contributed by atoms with Crippen LogP contribution in [0.25, 0.3) is 5.57 Å². The second-order valence-corrected chi connectivity index (χ2v) is 9.42. The van der Waals surface area contributed by atoms with Crippen molar-refractivity contribution in [3.8, 4) is 0 Å². The molecule has 0 radical (unpaired) electrons. The third-order valence-electron chi connectivity index (χ3n) is 7.12. The first kappa shape index (κ1) is 20.7. The molecular formula is C25H28ClN3O2. The molecule has 2 unspecified atom stereocenters. The zero-order chi connectivity index (χ0) is 21.7. The van der Waals surface area contributed by atoms with Crippen molar-refractivity contribution in [2.45, 2.75) is 32.4 Å². The lowest BCUT2D eigenvalue weighted by Gasteiger charge is -2.21. The number of amides is 1. The number of rotatable bonds is 3. The first-order valence-corrected chi connectivity index (χ1v) is 11.4. The predicted molar refractivity (Wildman–Crippen MR) is 122 cm³/mol. The van der Waals surface area contributed by atoms with Crippen LogP contribution in [0.2, 0.25) is 5.02 Å². The fraction of sp³-hybridized carbons (Fsp3) is 0.440. The summed E-state index contributed by atoms with van der Waals surface area (Å²) in [6, 6.07) is 12.4. The molecule has 0 bridgehead atoms. The van der Waals surface area contributed by atoms with E-state index in [0.717, 1.165) is 29.1 Å². The van der Waals surface area contributed by atoms with E-state index in [9.17, 15) is 4.79 Å². The van der Waals surface area contributed by atoms with Crippen molar-refractivity contribution < 1.29 is 9.53 Å². The lowest BCUT2D eigenvalue weighted by molar-refractivity contribution is 0.0786. The van der Waals surface area contributed by atoms with Gasteiger partial charge in [-0.3, -0.25) is 9.79 Å². The number of ether oxygens (including phenoxy) is 1. The van der Waals surface area contributed by atoms with Crippen LogP contribution in [0.4, 0.5) is 0 Å². The Morgan fingerprint density at radius 1 is 1.23 bits per heavy atom. The minimum absolute atomic E-state index is 0.00759. The first-order chi connectivity index (χ1) is 15.0. The van der Waals surface area contributed by atoms with Crippen LogP contribution in [0.15, 0.2) is 41.4 Å². The molecule has 0 saturated carbocycles. The highest BCUT2D eigenvalue weighted by molar-refractivity contribution is 6.33. The van der Waals surface area contributed by atoms with E-state index in [1.54, 1.807) is 6.07 Å². The average Bonchev–Trinajstić information content (AvgIpc) is 3.41. The number of carbonyl (C=O) groups excluding carboxylic acids is 1. The SMILES string of the molecule is CC[C@@H]1CN(C(=O)c2cc3c(cc2Cl)=NC(N)C2COCC=32)C[C@H]1c1ccc(C)cc1. The lowest BCUT2D eigenvalue weighted by atomic mass is 9.87. The van der Waals surface area contributed by atoms with Gasteiger partial charge in [0.1, 0.15) is 6.17 Å². The van der Waals surface area contributed by atoms with E-state index < -0.39 is 0 Å². The predicted octanol–water partition coefficient (Wildman–Crippen LogP) is 2.63. The highest BCUT2D eigenvalue weighted by Gasteiger charge is 2.36. The summed E-state index contributed by atoms with van der Waals surface area (Å²) in [5.74, 6) is 0.865. The van der Waals surface area contributed by atoms with E-state index in [1.165, 1.54) is 11.1 Å². The number of fused-ring (bicyclic) bond motifs is 2. The number of aryl methyl sites for hydroxylation is 1. The van der Waals surface area contributed by atoms with E-state index in [4.69, 9.17) is 22.1 Å². The Morgan fingerprint density at radius 2 is 2.00 bits per heavy atom. The Labute approximate surface area is 187 Å².